The van der Waals surface area contributed by atoms with E-state index in [0.29, 0.717) is 19.4 Å². The van der Waals surface area contributed by atoms with Crippen LogP contribution in [0.4, 0.5) is 0 Å². The summed E-state index contributed by atoms with van der Waals surface area (Å²) in [5.41, 5.74) is 3.02. The van der Waals surface area contributed by atoms with Gasteiger partial charge >= 0.3 is 0 Å². The first-order valence-electron chi connectivity index (χ1n) is 15.0. The van der Waals surface area contributed by atoms with Crippen LogP contribution in [-0.2, 0) is 32.6 Å². The molecule has 3 aromatic carbocycles. The molecule has 0 spiro atoms. The fourth-order valence-corrected chi connectivity index (χ4v) is 6.79. The zero-order valence-corrected chi connectivity index (χ0v) is 25.6. The molecule has 1 saturated carbocycles. The zero-order valence-electron chi connectivity index (χ0n) is 24.7. The van der Waals surface area contributed by atoms with Crippen molar-refractivity contribution in [2.24, 2.45) is 0 Å². The molecule has 7 nitrogen and oxygen atoms in total. The van der Waals surface area contributed by atoms with Crippen molar-refractivity contribution >= 4 is 21.8 Å². The summed E-state index contributed by atoms with van der Waals surface area (Å²) >= 11 is 0. The van der Waals surface area contributed by atoms with Gasteiger partial charge in [-0.3, -0.25) is 9.59 Å². The monoisotopic (exact) mass is 589 g/mol. The van der Waals surface area contributed by atoms with Crippen molar-refractivity contribution in [3.63, 3.8) is 0 Å². The van der Waals surface area contributed by atoms with Crippen LogP contribution in [0.3, 0.4) is 0 Å². The van der Waals surface area contributed by atoms with Crippen molar-refractivity contribution in [2.45, 2.75) is 81.8 Å². The summed E-state index contributed by atoms with van der Waals surface area (Å²) in [4.78, 5) is 29.8. The van der Waals surface area contributed by atoms with Crippen molar-refractivity contribution in [1.82, 2.24) is 14.5 Å². The van der Waals surface area contributed by atoms with E-state index in [2.05, 4.69) is 5.32 Å². The van der Waals surface area contributed by atoms with Crippen molar-refractivity contribution in [3.05, 3.63) is 102 Å². The van der Waals surface area contributed by atoms with E-state index in [4.69, 9.17) is 0 Å². The molecule has 0 heterocycles. The normalized spacial score (nSPS) is 14.8. The Balaban J connectivity index is 1.55. The topological polar surface area (TPSA) is 86.8 Å². The predicted octanol–water partition coefficient (Wildman–Crippen LogP) is 5.48. The molecule has 3 aromatic rings. The molecule has 4 rings (SSSR count). The van der Waals surface area contributed by atoms with Gasteiger partial charge in [-0.1, -0.05) is 92.1 Å². The van der Waals surface area contributed by atoms with Crippen LogP contribution in [0.2, 0.25) is 0 Å². The maximum Gasteiger partial charge on any atom is 0.243 e. The molecule has 0 aliphatic heterocycles. The number of nitrogens with zero attached hydrogens (tertiary/aromatic N) is 2. The summed E-state index contributed by atoms with van der Waals surface area (Å²) in [6, 6.07) is 25.5. The molecule has 1 atom stereocenters. The predicted molar refractivity (Wildman–Crippen MR) is 166 cm³/mol. The van der Waals surface area contributed by atoms with Crippen LogP contribution < -0.4 is 5.32 Å². The van der Waals surface area contributed by atoms with Crippen LogP contribution in [0.25, 0.3) is 0 Å². The Labute approximate surface area is 251 Å². The lowest BCUT2D eigenvalue weighted by molar-refractivity contribution is -0.141. The summed E-state index contributed by atoms with van der Waals surface area (Å²) < 4.78 is 27.3. The van der Waals surface area contributed by atoms with Crippen molar-refractivity contribution < 1.29 is 18.0 Å². The number of rotatable bonds is 13. The van der Waals surface area contributed by atoms with E-state index >= 15 is 0 Å². The summed E-state index contributed by atoms with van der Waals surface area (Å²) in [6.07, 6.45) is 6.16. The first kappa shape index (κ1) is 31.4. The molecule has 0 saturated heterocycles. The lowest BCUT2D eigenvalue weighted by Crippen LogP contribution is -2.53. The standard InChI is InChI=1S/C34H43N3O4S/c1-27-15-12-13-18-29(27)26-37(33(38)23-14-24-36(2)42(40,41)31-21-10-5-11-22-31)32(25-28-16-6-3-7-17-28)34(39)35-30-19-8-4-9-20-30/h3,5-7,10-13,15-18,21-22,30,32H,4,8-9,14,19-20,23-26H2,1-2H3,(H,35,39)/t32-/m1/s1. The van der Waals surface area contributed by atoms with Gasteiger partial charge in [-0.2, -0.15) is 0 Å². The lowest BCUT2D eigenvalue weighted by atomic mass is 9.94. The van der Waals surface area contributed by atoms with Crippen LogP contribution in [0, 0.1) is 6.92 Å². The average Bonchev–Trinajstić information content (AvgIpc) is 3.01. The maximum atomic E-state index is 14.0. The summed E-state index contributed by atoms with van der Waals surface area (Å²) in [5.74, 6) is -0.292. The molecule has 1 aliphatic rings. The Hall–Kier alpha value is -3.49. The number of benzene rings is 3. The second-order valence-electron chi connectivity index (χ2n) is 11.2. The third kappa shape index (κ3) is 8.52. The molecule has 1 N–H and O–H groups in total. The molecular weight excluding hydrogens is 546 g/mol. The van der Waals surface area contributed by atoms with Gasteiger partial charge in [0.15, 0.2) is 0 Å². The van der Waals surface area contributed by atoms with Crippen molar-refractivity contribution in [1.29, 1.82) is 0 Å². The fourth-order valence-electron chi connectivity index (χ4n) is 5.56. The third-order valence-electron chi connectivity index (χ3n) is 8.14. The molecule has 1 aliphatic carbocycles. The van der Waals surface area contributed by atoms with E-state index in [1.807, 2.05) is 61.5 Å². The number of amides is 2. The van der Waals surface area contributed by atoms with Gasteiger partial charge in [0.25, 0.3) is 0 Å². The van der Waals surface area contributed by atoms with E-state index in [-0.39, 0.29) is 35.7 Å². The Morgan fingerprint density at radius 1 is 0.881 bits per heavy atom. The van der Waals surface area contributed by atoms with Crippen LogP contribution in [0.15, 0.2) is 89.8 Å². The number of carbonyl (C=O) groups is 2. The first-order valence-corrected chi connectivity index (χ1v) is 16.4. The Morgan fingerprint density at radius 2 is 1.50 bits per heavy atom. The number of sulfonamides is 1. The highest BCUT2D eigenvalue weighted by Crippen LogP contribution is 2.22. The highest BCUT2D eigenvalue weighted by atomic mass is 32.2. The van der Waals surface area contributed by atoms with Crippen LogP contribution >= 0.6 is 0 Å². The van der Waals surface area contributed by atoms with E-state index in [1.165, 1.54) is 17.8 Å². The van der Waals surface area contributed by atoms with E-state index in [0.717, 1.165) is 42.4 Å². The Morgan fingerprint density at radius 3 is 2.17 bits per heavy atom. The summed E-state index contributed by atoms with van der Waals surface area (Å²) in [6.45, 7) is 2.51. The molecule has 42 heavy (non-hydrogen) atoms. The van der Waals surface area contributed by atoms with Crippen molar-refractivity contribution in [2.75, 3.05) is 13.6 Å². The molecule has 8 heteroatoms. The van der Waals surface area contributed by atoms with Crippen molar-refractivity contribution in [3.8, 4) is 0 Å². The van der Waals surface area contributed by atoms with Crippen LogP contribution in [0.5, 0.6) is 0 Å². The summed E-state index contributed by atoms with van der Waals surface area (Å²) in [5, 5.41) is 3.27. The van der Waals surface area contributed by atoms with Gasteiger partial charge < -0.3 is 10.2 Å². The lowest BCUT2D eigenvalue weighted by Gasteiger charge is -2.34. The Kier molecular flexibility index (Phi) is 11.3. The minimum atomic E-state index is -3.65. The summed E-state index contributed by atoms with van der Waals surface area (Å²) in [7, 11) is -2.12. The molecule has 224 valence electrons. The maximum absolute atomic E-state index is 14.0. The Bertz CT molecular complexity index is 1410. The van der Waals surface area contributed by atoms with Gasteiger partial charge in [0.05, 0.1) is 4.90 Å². The van der Waals surface area contributed by atoms with E-state index in [9.17, 15) is 18.0 Å². The van der Waals surface area contributed by atoms with Gasteiger partial charge in [-0.15, -0.1) is 0 Å². The largest absolute Gasteiger partial charge is 0.352 e. The van der Waals surface area contributed by atoms with E-state index < -0.39 is 16.1 Å². The van der Waals surface area contributed by atoms with E-state index in [1.54, 1.807) is 35.2 Å². The quantitative estimate of drug-likeness (QED) is 0.286. The van der Waals surface area contributed by atoms with Crippen LogP contribution in [0.1, 0.15) is 61.6 Å². The van der Waals surface area contributed by atoms with Gasteiger partial charge in [0.1, 0.15) is 6.04 Å². The minimum Gasteiger partial charge on any atom is -0.352 e. The molecule has 0 radical (unpaired) electrons. The van der Waals surface area contributed by atoms with Gasteiger partial charge in [-0.05, 0) is 55.0 Å². The van der Waals surface area contributed by atoms with Crippen LogP contribution in [-0.4, -0.2) is 55.1 Å². The number of carbonyl (C=O) groups excluding carboxylic acids is 2. The number of aryl methyl sites for hydroxylation is 1. The SMILES string of the molecule is Cc1ccccc1CN(C(=O)CCCN(C)S(=O)(=O)c1ccccc1)[C@H](Cc1ccccc1)C(=O)NC1CCCCC1. The average molecular weight is 590 g/mol. The smallest absolute Gasteiger partial charge is 0.243 e. The third-order valence-corrected chi connectivity index (χ3v) is 10.0. The van der Waals surface area contributed by atoms with Gasteiger partial charge in [-0.25, -0.2) is 12.7 Å². The minimum absolute atomic E-state index is 0.122. The highest BCUT2D eigenvalue weighted by Gasteiger charge is 2.32. The van der Waals surface area contributed by atoms with Gasteiger partial charge in [0, 0.05) is 39.0 Å². The second kappa shape index (κ2) is 15.1. The number of hydrogen-bond acceptors (Lipinski definition) is 4. The second-order valence-corrected chi connectivity index (χ2v) is 13.3. The fraction of sp³-hybridized carbons (Fsp3) is 0.412. The first-order chi connectivity index (χ1) is 20.3. The molecule has 1 fully saturated rings. The zero-order chi connectivity index (χ0) is 30.0. The molecule has 0 bridgehead atoms. The molecule has 2 amide bonds. The highest BCUT2D eigenvalue weighted by molar-refractivity contribution is 7.89. The number of nitrogens with one attached hydrogen (secondary N) is 1. The molecule has 0 aromatic heterocycles. The molecular formula is C34H43N3O4S. The number of hydrogen-bond donors (Lipinski definition) is 1. The molecule has 0 unspecified atom stereocenters. The van der Waals surface area contributed by atoms with Gasteiger partial charge in [0.2, 0.25) is 21.8 Å².